The van der Waals surface area contributed by atoms with Crippen LogP contribution in [0.3, 0.4) is 0 Å². The number of thiol groups is 1. The number of H-pyrrole nitrogens is 1. The van der Waals surface area contributed by atoms with Crippen LogP contribution in [0.25, 0.3) is 10.9 Å². The summed E-state index contributed by atoms with van der Waals surface area (Å²) in [6.07, 6.45) is 4.10. The number of halogens is 1. The highest BCUT2D eigenvalue weighted by atomic mass is 32.1. The fraction of sp³-hybridized carbons (Fsp3) is 0.318. The van der Waals surface area contributed by atoms with E-state index >= 15 is 0 Å². The highest BCUT2D eigenvalue weighted by Crippen LogP contribution is 2.41. The molecule has 2 aromatic carbocycles. The van der Waals surface area contributed by atoms with Crippen molar-refractivity contribution >= 4 is 35.1 Å². The number of rotatable bonds is 9. The van der Waals surface area contributed by atoms with Crippen LogP contribution in [0.15, 0.2) is 42.6 Å². The quantitative estimate of drug-likeness (QED) is 0.318. The Balaban J connectivity index is 1.24. The lowest BCUT2D eigenvalue weighted by molar-refractivity contribution is -0.116. The van der Waals surface area contributed by atoms with Gasteiger partial charge in [0.25, 0.3) is 0 Å². The Morgan fingerprint density at radius 1 is 1.17 bits per heavy atom. The average Bonchev–Trinajstić information content (AvgIpc) is 3.30. The molecule has 152 valence electrons. The van der Waals surface area contributed by atoms with Crippen molar-refractivity contribution < 1.29 is 13.9 Å². The Labute approximate surface area is 174 Å². The van der Waals surface area contributed by atoms with Crippen molar-refractivity contribution in [2.24, 2.45) is 0 Å². The molecular formula is C22H24FN3O2S. The maximum atomic E-state index is 14.0. The molecule has 2 heterocycles. The second-order valence-electron chi connectivity index (χ2n) is 7.12. The van der Waals surface area contributed by atoms with Crippen LogP contribution < -0.4 is 15.4 Å². The molecule has 1 amide bonds. The Hall–Kier alpha value is -2.51. The first kappa shape index (κ1) is 19.8. The van der Waals surface area contributed by atoms with Crippen molar-refractivity contribution in [2.45, 2.75) is 18.8 Å². The van der Waals surface area contributed by atoms with Crippen molar-refractivity contribution in [1.82, 2.24) is 10.3 Å². The number of fused-ring (bicyclic) bond motifs is 2. The van der Waals surface area contributed by atoms with Gasteiger partial charge in [0.15, 0.2) is 0 Å². The third-order valence-corrected chi connectivity index (χ3v) is 5.63. The number of hydrogen-bond acceptors (Lipinski definition) is 4. The van der Waals surface area contributed by atoms with Crippen LogP contribution >= 0.6 is 12.6 Å². The van der Waals surface area contributed by atoms with Crippen LogP contribution in [0.1, 0.15) is 23.5 Å². The lowest BCUT2D eigenvalue weighted by atomic mass is 10.0. The van der Waals surface area contributed by atoms with Crippen molar-refractivity contribution in [3.63, 3.8) is 0 Å². The fourth-order valence-corrected chi connectivity index (χ4v) is 4.14. The minimum Gasteiger partial charge on any atom is -0.492 e. The number of hydrogen-bond donors (Lipinski definition) is 4. The predicted octanol–water partition coefficient (Wildman–Crippen LogP) is 3.87. The van der Waals surface area contributed by atoms with Crippen LogP contribution in [-0.4, -0.2) is 36.3 Å². The molecule has 0 saturated heterocycles. The van der Waals surface area contributed by atoms with Gasteiger partial charge in [0.2, 0.25) is 5.91 Å². The van der Waals surface area contributed by atoms with Crippen LogP contribution in [0.4, 0.5) is 10.1 Å². The van der Waals surface area contributed by atoms with Crippen LogP contribution in [0, 0.1) is 5.82 Å². The number of nitrogens with one attached hydrogen (secondary N) is 3. The maximum Gasteiger partial charge on any atom is 0.233 e. The standard InChI is InChI=1S/C22H24FN3O2S/c23-17-7-8-19(20-16(13-29)22(27)26-21(17)20)28-11-10-24-9-3-4-14-12-25-18-6-2-1-5-15(14)18/h1-2,5-8,12,16,24-25,29H,3-4,9-11,13H2,(H,26,27). The lowest BCUT2D eigenvalue weighted by Crippen LogP contribution is -2.23. The molecule has 0 aliphatic carbocycles. The molecule has 0 bridgehead atoms. The Morgan fingerprint density at radius 2 is 2.03 bits per heavy atom. The molecule has 1 aromatic heterocycles. The first-order valence-corrected chi connectivity index (χ1v) is 10.4. The molecule has 0 spiro atoms. The third-order valence-electron chi connectivity index (χ3n) is 5.26. The summed E-state index contributed by atoms with van der Waals surface area (Å²) in [5, 5.41) is 7.24. The number of amides is 1. The van der Waals surface area contributed by atoms with Gasteiger partial charge in [0.1, 0.15) is 18.2 Å². The zero-order valence-corrected chi connectivity index (χ0v) is 16.9. The van der Waals surface area contributed by atoms with E-state index in [1.807, 2.05) is 6.07 Å². The van der Waals surface area contributed by atoms with Gasteiger partial charge in [-0.2, -0.15) is 12.6 Å². The number of carbonyl (C=O) groups excluding carboxylic acids is 1. The van der Waals surface area contributed by atoms with Gasteiger partial charge >= 0.3 is 0 Å². The number of benzene rings is 2. The smallest absolute Gasteiger partial charge is 0.233 e. The van der Waals surface area contributed by atoms with E-state index in [4.69, 9.17) is 4.74 Å². The second-order valence-corrected chi connectivity index (χ2v) is 7.49. The topological polar surface area (TPSA) is 66.2 Å². The molecule has 0 fully saturated rings. The van der Waals surface area contributed by atoms with E-state index in [0.717, 1.165) is 19.4 Å². The molecule has 1 unspecified atom stereocenters. The van der Waals surface area contributed by atoms with Crippen LogP contribution in [-0.2, 0) is 11.2 Å². The van der Waals surface area contributed by atoms with E-state index in [9.17, 15) is 9.18 Å². The summed E-state index contributed by atoms with van der Waals surface area (Å²) in [6.45, 7) is 2.00. The van der Waals surface area contributed by atoms with E-state index < -0.39 is 11.7 Å². The summed E-state index contributed by atoms with van der Waals surface area (Å²) in [5.41, 5.74) is 3.29. The summed E-state index contributed by atoms with van der Waals surface area (Å²) in [5.74, 6) is -0.312. The van der Waals surface area contributed by atoms with Gasteiger partial charge in [-0.3, -0.25) is 4.79 Å². The third kappa shape index (κ3) is 4.11. The molecule has 1 aliphatic rings. The number of ether oxygens (including phenoxy) is 1. The van der Waals surface area contributed by atoms with Crippen molar-refractivity contribution in [2.75, 3.05) is 30.8 Å². The molecule has 29 heavy (non-hydrogen) atoms. The summed E-state index contributed by atoms with van der Waals surface area (Å²) in [4.78, 5) is 15.3. The first-order valence-electron chi connectivity index (χ1n) is 9.81. The summed E-state index contributed by atoms with van der Waals surface area (Å²) in [7, 11) is 0. The first-order chi connectivity index (χ1) is 14.2. The number of aryl methyl sites for hydroxylation is 1. The van der Waals surface area contributed by atoms with Gasteiger partial charge in [0.05, 0.1) is 11.6 Å². The van der Waals surface area contributed by atoms with Gasteiger partial charge in [-0.25, -0.2) is 4.39 Å². The molecule has 0 saturated carbocycles. The molecule has 0 radical (unpaired) electrons. The van der Waals surface area contributed by atoms with E-state index in [0.29, 0.717) is 30.2 Å². The molecular weight excluding hydrogens is 389 g/mol. The van der Waals surface area contributed by atoms with Gasteiger partial charge in [-0.05, 0) is 43.1 Å². The summed E-state index contributed by atoms with van der Waals surface area (Å²) < 4.78 is 19.8. The Morgan fingerprint density at radius 3 is 2.90 bits per heavy atom. The maximum absolute atomic E-state index is 14.0. The SMILES string of the molecule is O=C1Nc2c(F)ccc(OCCNCCCc3c[nH]c4ccccc34)c2C1CS. The molecule has 1 atom stereocenters. The summed E-state index contributed by atoms with van der Waals surface area (Å²) >= 11 is 4.22. The molecule has 3 N–H and O–H groups in total. The van der Waals surface area contributed by atoms with E-state index in [1.165, 1.54) is 22.5 Å². The minimum atomic E-state index is -0.483. The number of anilines is 1. The highest BCUT2D eigenvalue weighted by molar-refractivity contribution is 7.80. The van der Waals surface area contributed by atoms with Gasteiger partial charge < -0.3 is 20.4 Å². The van der Waals surface area contributed by atoms with Crippen molar-refractivity contribution in [1.29, 1.82) is 0 Å². The van der Waals surface area contributed by atoms with E-state index in [-0.39, 0.29) is 11.6 Å². The van der Waals surface area contributed by atoms with Crippen LogP contribution in [0.5, 0.6) is 5.75 Å². The van der Waals surface area contributed by atoms with E-state index in [1.54, 1.807) is 6.07 Å². The Kier molecular flexibility index (Phi) is 6.06. The number of para-hydroxylation sites is 1. The molecule has 5 nitrogen and oxygen atoms in total. The Bertz CT molecular complexity index is 1020. The monoisotopic (exact) mass is 413 g/mol. The van der Waals surface area contributed by atoms with E-state index in [2.05, 4.69) is 52.6 Å². The molecule has 1 aliphatic heterocycles. The normalized spacial score (nSPS) is 15.5. The zero-order valence-electron chi connectivity index (χ0n) is 16.0. The zero-order chi connectivity index (χ0) is 20.2. The van der Waals surface area contributed by atoms with Crippen LogP contribution in [0.2, 0.25) is 0 Å². The lowest BCUT2D eigenvalue weighted by Gasteiger charge is -2.14. The average molecular weight is 414 g/mol. The summed E-state index contributed by atoms with van der Waals surface area (Å²) in [6, 6.07) is 11.2. The number of aromatic amines is 1. The van der Waals surface area contributed by atoms with Gasteiger partial charge in [-0.15, -0.1) is 0 Å². The second kappa shape index (κ2) is 8.88. The molecule has 4 rings (SSSR count). The molecule has 3 aromatic rings. The molecule has 7 heteroatoms. The minimum absolute atomic E-state index is 0.221. The number of carbonyl (C=O) groups is 1. The predicted molar refractivity (Wildman–Crippen MR) is 117 cm³/mol. The van der Waals surface area contributed by atoms with Gasteiger partial charge in [-0.1, -0.05) is 18.2 Å². The largest absolute Gasteiger partial charge is 0.492 e. The number of aromatic nitrogens is 1. The van der Waals surface area contributed by atoms with Crippen molar-refractivity contribution in [3.05, 3.63) is 59.5 Å². The van der Waals surface area contributed by atoms with Gasteiger partial charge in [0, 0.05) is 35.0 Å². The highest BCUT2D eigenvalue weighted by Gasteiger charge is 2.34. The van der Waals surface area contributed by atoms with Crippen molar-refractivity contribution in [3.8, 4) is 5.75 Å². The fourth-order valence-electron chi connectivity index (χ4n) is 3.79.